The Hall–Kier alpha value is -2.06. The largest absolute Gasteiger partial charge is 0.368 e. The number of halogens is 1. The lowest BCUT2D eigenvalue weighted by molar-refractivity contribution is -0.137. The highest BCUT2D eigenvalue weighted by Crippen LogP contribution is 2.39. The maximum absolute atomic E-state index is 12.3. The molecule has 2 amide bonds. The molecule has 6 nitrogen and oxygen atoms in total. The van der Waals surface area contributed by atoms with Crippen LogP contribution in [0, 0.1) is 0 Å². The van der Waals surface area contributed by atoms with Gasteiger partial charge in [-0.3, -0.25) is 24.7 Å². The zero-order chi connectivity index (χ0) is 22.2. The predicted octanol–water partition coefficient (Wildman–Crippen LogP) is 3.21. The number of nitrogens with one attached hydrogen (secondary N) is 1. The summed E-state index contributed by atoms with van der Waals surface area (Å²) in [7, 11) is 0. The minimum absolute atomic E-state index is 0.133. The minimum Gasteiger partial charge on any atom is -0.368 e. The first-order valence-corrected chi connectivity index (χ1v) is 12.0. The molecule has 0 saturated carbocycles. The van der Waals surface area contributed by atoms with Crippen molar-refractivity contribution in [3.05, 3.63) is 64.2 Å². The maximum Gasteiger partial charge on any atom is 0.243 e. The highest BCUT2D eigenvalue weighted by atomic mass is 35.5. The summed E-state index contributed by atoms with van der Waals surface area (Å²) in [5.74, 6) is -0.389. The van der Waals surface area contributed by atoms with E-state index in [9.17, 15) is 9.59 Å². The summed E-state index contributed by atoms with van der Waals surface area (Å²) >= 11 is 11.2. The smallest absolute Gasteiger partial charge is 0.243 e. The van der Waals surface area contributed by atoms with Crippen LogP contribution in [0.25, 0.3) is 0 Å². The van der Waals surface area contributed by atoms with E-state index in [2.05, 4.69) is 44.3 Å². The quantitative estimate of drug-likeness (QED) is 0.531. The van der Waals surface area contributed by atoms with Gasteiger partial charge in [0.15, 0.2) is 0 Å². The van der Waals surface area contributed by atoms with Gasteiger partial charge in [0, 0.05) is 45.7 Å². The second-order valence-electron chi connectivity index (χ2n) is 8.76. The van der Waals surface area contributed by atoms with Gasteiger partial charge >= 0.3 is 0 Å². The van der Waals surface area contributed by atoms with Crippen molar-refractivity contribution in [2.75, 3.05) is 31.1 Å². The molecule has 5 rings (SSSR count). The van der Waals surface area contributed by atoms with E-state index in [0.29, 0.717) is 19.4 Å². The van der Waals surface area contributed by atoms with E-state index in [1.165, 1.54) is 16.7 Å². The number of nitrogens with zero attached hydrogens (tertiary/aromatic N) is 3. The molecule has 2 saturated heterocycles. The molecule has 2 aromatic carbocycles. The van der Waals surface area contributed by atoms with Crippen molar-refractivity contribution < 1.29 is 9.59 Å². The normalized spacial score (nSPS) is 24.5. The molecule has 8 heteroatoms. The topological polar surface area (TPSA) is 55.9 Å². The molecule has 2 atom stereocenters. The van der Waals surface area contributed by atoms with Crippen molar-refractivity contribution in [3.63, 3.8) is 0 Å². The minimum atomic E-state index is -0.302. The van der Waals surface area contributed by atoms with Crippen molar-refractivity contribution >= 4 is 41.7 Å². The van der Waals surface area contributed by atoms with Crippen LogP contribution in [-0.4, -0.2) is 53.8 Å². The third kappa shape index (κ3) is 4.27. The SMILES string of the molecule is O=C1CCC(N2Cc3ccc(CN4CCN(c5ccccc5Cl)CC4)cc3C2S)C(=O)N1. The maximum atomic E-state index is 12.3. The van der Waals surface area contributed by atoms with Crippen molar-refractivity contribution in [2.24, 2.45) is 0 Å². The highest BCUT2D eigenvalue weighted by Gasteiger charge is 2.39. The summed E-state index contributed by atoms with van der Waals surface area (Å²) in [6.07, 6.45) is 0.938. The molecule has 0 aromatic heterocycles. The van der Waals surface area contributed by atoms with E-state index in [1.807, 2.05) is 18.2 Å². The average Bonchev–Trinajstić information content (AvgIpc) is 3.11. The number of thiol groups is 1. The number of piperidine rings is 1. The van der Waals surface area contributed by atoms with Crippen molar-refractivity contribution in [3.8, 4) is 0 Å². The third-order valence-corrected chi connectivity index (χ3v) is 7.63. The van der Waals surface area contributed by atoms with E-state index in [-0.39, 0.29) is 23.2 Å². The number of hydrogen-bond donors (Lipinski definition) is 2. The van der Waals surface area contributed by atoms with Crippen LogP contribution < -0.4 is 10.2 Å². The first-order valence-electron chi connectivity index (χ1n) is 11.1. The Bertz CT molecular complexity index is 1040. The van der Waals surface area contributed by atoms with Gasteiger partial charge in [-0.25, -0.2) is 0 Å². The fourth-order valence-electron chi connectivity index (χ4n) is 4.98. The Kier molecular flexibility index (Phi) is 6.16. The predicted molar refractivity (Wildman–Crippen MR) is 129 cm³/mol. The van der Waals surface area contributed by atoms with Crippen LogP contribution in [0.15, 0.2) is 42.5 Å². The summed E-state index contributed by atoms with van der Waals surface area (Å²) in [4.78, 5) is 30.8. The first-order chi connectivity index (χ1) is 15.5. The first kappa shape index (κ1) is 21.8. The summed E-state index contributed by atoms with van der Waals surface area (Å²) in [5.41, 5.74) is 4.75. The number of piperazine rings is 1. The number of carbonyl (C=O) groups is 2. The van der Waals surface area contributed by atoms with Crippen LogP contribution in [0.1, 0.15) is 34.9 Å². The van der Waals surface area contributed by atoms with E-state index in [1.54, 1.807) is 0 Å². The Morgan fingerprint density at radius 3 is 2.59 bits per heavy atom. The lowest BCUT2D eigenvalue weighted by Gasteiger charge is -2.36. The highest BCUT2D eigenvalue weighted by molar-refractivity contribution is 7.80. The number of hydrogen-bond acceptors (Lipinski definition) is 6. The Morgan fingerprint density at radius 2 is 1.84 bits per heavy atom. The van der Waals surface area contributed by atoms with E-state index < -0.39 is 0 Å². The average molecular weight is 471 g/mol. The number of fused-ring (bicyclic) bond motifs is 1. The Balaban J connectivity index is 1.22. The third-order valence-electron chi connectivity index (χ3n) is 6.74. The van der Waals surface area contributed by atoms with Crippen molar-refractivity contribution in [2.45, 2.75) is 37.3 Å². The molecule has 2 fully saturated rings. The van der Waals surface area contributed by atoms with Crippen molar-refractivity contribution in [1.82, 2.24) is 15.1 Å². The van der Waals surface area contributed by atoms with Crippen molar-refractivity contribution in [1.29, 1.82) is 0 Å². The molecule has 0 radical (unpaired) electrons. The number of anilines is 1. The van der Waals surface area contributed by atoms with Gasteiger partial charge in [-0.1, -0.05) is 41.9 Å². The molecule has 3 aliphatic rings. The van der Waals surface area contributed by atoms with E-state index in [0.717, 1.165) is 43.4 Å². The molecule has 0 aliphatic carbocycles. The lowest BCUT2D eigenvalue weighted by Crippen LogP contribution is -2.51. The fraction of sp³-hybridized carbons (Fsp3) is 0.417. The van der Waals surface area contributed by atoms with Crippen LogP contribution in [0.4, 0.5) is 5.69 Å². The number of amides is 2. The molecule has 32 heavy (non-hydrogen) atoms. The van der Waals surface area contributed by atoms with E-state index >= 15 is 0 Å². The molecular formula is C24H27ClN4O2S. The summed E-state index contributed by atoms with van der Waals surface area (Å²) in [5, 5.41) is 3.14. The van der Waals surface area contributed by atoms with Crippen LogP contribution in [-0.2, 0) is 22.7 Å². The Morgan fingerprint density at radius 1 is 1.06 bits per heavy atom. The zero-order valence-corrected chi connectivity index (χ0v) is 19.5. The lowest BCUT2D eigenvalue weighted by atomic mass is 10.0. The molecule has 1 N–H and O–H groups in total. The molecule has 2 aromatic rings. The molecule has 2 unspecified atom stereocenters. The van der Waals surface area contributed by atoms with Crippen LogP contribution in [0.5, 0.6) is 0 Å². The standard InChI is InChI=1S/C24H27ClN4O2S/c25-19-3-1-2-4-20(19)28-11-9-27(10-12-28)14-16-5-6-17-15-29(24(32)18(17)13-16)21-7-8-22(30)26-23(21)31/h1-6,13,21,24,32H,7-12,14-15H2,(H,26,30,31). The molecule has 3 heterocycles. The molecule has 168 valence electrons. The second-order valence-corrected chi connectivity index (χ2v) is 9.66. The number of benzene rings is 2. The number of carbonyl (C=O) groups excluding carboxylic acids is 2. The zero-order valence-electron chi connectivity index (χ0n) is 17.8. The van der Waals surface area contributed by atoms with E-state index in [4.69, 9.17) is 24.2 Å². The summed E-state index contributed by atoms with van der Waals surface area (Å²) in [6.45, 7) is 5.44. The number of imide groups is 1. The molecule has 0 bridgehead atoms. The van der Waals surface area contributed by atoms with Crippen LogP contribution >= 0.6 is 24.2 Å². The monoisotopic (exact) mass is 470 g/mol. The van der Waals surface area contributed by atoms with Gasteiger partial charge in [-0.05, 0) is 35.2 Å². The van der Waals surface area contributed by atoms with Gasteiger partial charge in [0.05, 0.1) is 22.1 Å². The fourth-order valence-corrected chi connectivity index (χ4v) is 5.72. The van der Waals surface area contributed by atoms with Gasteiger partial charge in [0.1, 0.15) is 0 Å². The van der Waals surface area contributed by atoms with Gasteiger partial charge in [-0.2, -0.15) is 12.6 Å². The number of rotatable bonds is 4. The van der Waals surface area contributed by atoms with Gasteiger partial charge < -0.3 is 4.90 Å². The summed E-state index contributed by atoms with van der Waals surface area (Å²) < 4.78 is 0. The molecule has 3 aliphatic heterocycles. The second kappa shape index (κ2) is 9.06. The Labute approximate surface area is 198 Å². The van der Waals surface area contributed by atoms with Gasteiger partial charge in [0.2, 0.25) is 11.8 Å². The van der Waals surface area contributed by atoms with Crippen LogP contribution in [0.3, 0.4) is 0 Å². The molecular weight excluding hydrogens is 444 g/mol. The molecule has 0 spiro atoms. The summed E-state index contributed by atoms with van der Waals surface area (Å²) in [6, 6.07) is 14.3. The van der Waals surface area contributed by atoms with Gasteiger partial charge in [-0.15, -0.1) is 0 Å². The van der Waals surface area contributed by atoms with Crippen LogP contribution in [0.2, 0.25) is 5.02 Å². The number of para-hydroxylation sites is 1. The van der Waals surface area contributed by atoms with Gasteiger partial charge in [0.25, 0.3) is 0 Å².